The van der Waals surface area contributed by atoms with Gasteiger partial charge in [0.15, 0.2) is 0 Å². The summed E-state index contributed by atoms with van der Waals surface area (Å²) < 4.78 is 2.22. The maximum atomic E-state index is 11.5. The van der Waals surface area contributed by atoms with E-state index < -0.39 is 0 Å². The van der Waals surface area contributed by atoms with Gasteiger partial charge in [0, 0.05) is 26.7 Å². The van der Waals surface area contributed by atoms with Crippen molar-refractivity contribution in [3.63, 3.8) is 0 Å². The Morgan fingerprint density at radius 2 is 2.21 bits per heavy atom. The van der Waals surface area contributed by atoms with E-state index in [1.807, 2.05) is 23.1 Å². The second-order valence-corrected chi connectivity index (χ2v) is 5.26. The summed E-state index contributed by atoms with van der Waals surface area (Å²) >= 11 is 5.70. The van der Waals surface area contributed by atoms with Crippen LogP contribution in [0.2, 0.25) is 0 Å². The summed E-state index contributed by atoms with van der Waals surface area (Å²) in [7, 11) is 0. The fourth-order valence-corrected chi connectivity index (χ4v) is 2.32. The summed E-state index contributed by atoms with van der Waals surface area (Å²) in [5.41, 5.74) is 1.01. The minimum absolute atomic E-state index is 0.239. The van der Waals surface area contributed by atoms with Gasteiger partial charge >= 0.3 is 0 Å². The van der Waals surface area contributed by atoms with Crippen molar-refractivity contribution in [1.82, 2.24) is 0 Å². The van der Waals surface area contributed by atoms with E-state index in [0.29, 0.717) is 6.42 Å². The van der Waals surface area contributed by atoms with Gasteiger partial charge in [-0.2, -0.15) is 0 Å². The van der Waals surface area contributed by atoms with E-state index in [-0.39, 0.29) is 5.91 Å². The van der Waals surface area contributed by atoms with Crippen molar-refractivity contribution < 1.29 is 4.79 Å². The number of anilines is 1. The molecular weight excluding hydrogens is 357 g/mol. The molecule has 14 heavy (non-hydrogen) atoms. The van der Waals surface area contributed by atoms with Crippen LogP contribution in [-0.4, -0.2) is 12.5 Å². The molecule has 0 bridgehead atoms. The van der Waals surface area contributed by atoms with E-state index in [4.69, 9.17) is 0 Å². The van der Waals surface area contributed by atoms with Crippen molar-refractivity contribution in [3.05, 3.63) is 26.2 Å². The minimum Gasteiger partial charge on any atom is -0.312 e. The van der Waals surface area contributed by atoms with Crippen molar-refractivity contribution in [3.8, 4) is 0 Å². The monoisotopic (exact) mass is 365 g/mol. The van der Waals surface area contributed by atoms with Crippen LogP contribution in [-0.2, 0) is 4.79 Å². The van der Waals surface area contributed by atoms with E-state index in [1.54, 1.807) is 0 Å². The van der Waals surface area contributed by atoms with Crippen LogP contribution in [0.1, 0.15) is 12.8 Å². The highest BCUT2D eigenvalue weighted by atomic mass is 127. The number of halogens is 2. The lowest BCUT2D eigenvalue weighted by Gasteiger charge is -2.16. The van der Waals surface area contributed by atoms with Gasteiger partial charge in [0.05, 0.1) is 0 Å². The van der Waals surface area contributed by atoms with Crippen LogP contribution in [0, 0.1) is 3.57 Å². The molecule has 1 heterocycles. The van der Waals surface area contributed by atoms with Crippen LogP contribution < -0.4 is 4.90 Å². The highest BCUT2D eigenvalue weighted by Crippen LogP contribution is 2.27. The van der Waals surface area contributed by atoms with Crippen LogP contribution in [0.5, 0.6) is 0 Å². The predicted molar refractivity (Wildman–Crippen MR) is 68.4 cm³/mol. The number of amides is 1. The standard InChI is InChI=1S/C10H9BrINO/c11-8-4-3-7(6-9(8)12)13-5-1-2-10(13)14/h3-4,6H,1-2,5H2. The Labute approximate surface area is 105 Å². The van der Waals surface area contributed by atoms with Crippen molar-refractivity contribution in [1.29, 1.82) is 0 Å². The van der Waals surface area contributed by atoms with Gasteiger partial charge in [0.2, 0.25) is 5.91 Å². The van der Waals surface area contributed by atoms with E-state index in [1.165, 1.54) is 0 Å². The third kappa shape index (κ3) is 1.95. The number of benzene rings is 1. The van der Waals surface area contributed by atoms with Crippen LogP contribution in [0.25, 0.3) is 0 Å². The highest BCUT2D eigenvalue weighted by Gasteiger charge is 2.21. The third-order valence-corrected chi connectivity index (χ3v) is 4.61. The number of hydrogen-bond acceptors (Lipinski definition) is 1. The van der Waals surface area contributed by atoms with Gasteiger partial charge in [-0.05, 0) is 63.1 Å². The highest BCUT2D eigenvalue weighted by molar-refractivity contribution is 14.1. The fraction of sp³-hybridized carbons (Fsp3) is 0.300. The molecule has 2 nitrogen and oxygen atoms in total. The zero-order valence-corrected chi connectivity index (χ0v) is 11.2. The Bertz CT molecular complexity index is 380. The molecular formula is C10H9BrINO. The first-order valence-corrected chi connectivity index (χ1v) is 6.31. The Kier molecular flexibility index (Phi) is 3.11. The summed E-state index contributed by atoms with van der Waals surface area (Å²) in [6.45, 7) is 0.858. The molecule has 74 valence electrons. The number of nitrogens with zero attached hydrogens (tertiary/aromatic N) is 1. The minimum atomic E-state index is 0.239. The molecule has 1 aromatic rings. The summed E-state index contributed by atoms with van der Waals surface area (Å²) in [6.07, 6.45) is 1.66. The van der Waals surface area contributed by atoms with Crippen LogP contribution in [0.4, 0.5) is 5.69 Å². The van der Waals surface area contributed by atoms with Crippen LogP contribution in [0.3, 0.4) is 0 Å². The van der Waals surface area contributed by atoms with Gasteiger partial charge in [-0.1, -0.05) is 0 Å². The predicted octanol–water partition coefficient (Wildman–Crippen LogP) is 3.18. The molecule has 1 fully saturated rings. The summed E-state index contributed by atoms with van der Waals surface area (Å²) in [5.74, 6) is 0.239. The quantitative estimate of drug-likeness (QED) is 0.700. The summed E-state index contributed by atoms with van der Waals surface area (Å²) in [4.78, 5) is 13.3. The lowest BCUT2D eigenvalue weighted by molar-refractivity contribution is -0.117. The molecule has 1 saturated heterocycles. The molecule has 0 spiro atoms. The normalized spacial score (nSPS) is 16.4. The molecule has 2 rings (SSSR count). The lowest BCUT2D eigenvalue weighted by Crippen LogP contribution is -2.23. The topological polar surface area (TPSA) is 20.3 Å². The van der Waals surface area contributed by atoms with Gasteiger partial charge in [0.25, 0.3) is 0 Å². The largest absolute Gasteiger partial charge is 0.312 e. The maximum absolute atomic E-state index is 11.5. The molecule has 0 unspecified atom stereocenters. The zero-order chi connectivity index (χ0) is 10.1. The van der Waals surface area contributed by atoms with Gasteiger partial charge in [0.1, 0.15) is 0 Å². The fourth-order valence-electron chi connectivity index (χ4n) is 1.57. The lowest BCUT2D eigenvalue weighted by atomic mass is 10.3. The molecule has 1 aromatic carbocycles. The first-order valence-electron chi connectivity index (χ1n) is 4.44. The molecule has 0 N–H and O–H groups in total. The van der Waals surface area contributed by atoms with E-state index >= 15 is 0 Å². The molecule has 1 aliphatic rings. The second kappa shape index (κ2) is 4.18. The maximum Gasteiger partial charge on any atom is 0.227 e. The summed E-state index contributed by atoms with van der Waals surface area (Å²) in [6, 6.07) is 6.01. The molecule has 0 saturated carbocycles. The number of hydrogen-bond donors (Lipinski definition) is 0. The third-order valence-electron chi connectivity index (χ3n) is 2.29. The van der Waals surface area contributed by atoms with Crippen molar-refractivity contribution in [2.75, 3.05) is 11.4 Å². The Morgan fingerprint density at radius 1 is 1.43 bits per heavy atom. The van der Waals surface area contributed by atoms with Gasteiger partial charge in [-0.25, -0.2) is 0 Å². The molecule has 0 aliphatic carbocycles. The van der Waals surface area contributed by atoms with E-state index in [2.05, 4.69) is 38.5 Å². The Morgan fingerprint density at radius 3 is 2.79 bits per heavy atom. The number of carbonyl (C=O) groups is 1. The van der Waals surface area contributed by atoms with Crippen LogP contribution in [0.15, 0.2) is 22.7 Å². The van der Waals surface area contributed by atoms with Gasteiger partial charge in [-0.3, -0.25) is 4.79 Å². The van der Waals surface area contributed by atoms with Crippen molar-refractivity contribution in [2.24, 2.45) is 0 Å². The zero-order valence-electron chi connectivity index (χ0n) is 7.46. The number of rotatable bonds is 1. The van der Waals surface area contributed by atoms with Crippen molar-refractivity contribution in [2.45, 2.75) is 12.8 Å². The van der Waals surface area contributed by atoms with Gasteiger partial charge in [-0.15, -0.1) is 0 Å². The smallest absolute Gasteiger partial charge is 0.227 e. The summed E-state index contributed by atoms with van der Waals surface area (Å²) in [5, 5.41) is 0. The SMILES string of the molecule is O=C1CCCN1c1ccc(Br)c(I)c1. The molecule has 1 amide bonds. The number of carbonyl (C=O) groups excluding carboxylic acids is 1. The Hall–Kier alpha value is -0.100. The van der Waals surface area contributed by atoms with E-state index in [0.717, 1.165) is 26.7 Å². The molecule has 1 aliphatic heterocycles. The second-order valence-electron chi connectivity index (χ2n) is 3.25. The average molecular weight is 366 g/mol. The Balaban J connectivity index is 2.32. The van der Waals surface area contributed by atoms with E-state index in [9.17, 15) is 4.79 Å². The first kappa shape index (κ1) is 10.4. The first-order chi connectivity index (χ1) is 6.68. The molecule has 0 radical (unpaired) electrons. The average Bonchev–Trinajstić information content (AvgIpc) is 2.57. The molecule has 4 heteroatoms. The van der Waals surface area contributed by atoms with Crippen molar-refractivity contribution >= 4 is 50.1 Å². The molecule has 0 atom stereocenters. The molecule has 0 aromatic heterocycles. The van der Waals surface area contributed by atoms with Gasteiger partial charge < -0.3 is 4.90 Å². The van der Waals surface area contributed by atoms with Crippen LogP contribution >= 0.6 is 38.5 Å².